The molecule has 0 aliphatic heterocycles. The van der Waals surface area contributed by atoms with Crippen LogP contribution in [0, 0.1) is 0 Å². The number of carbonyl (C=O) groups excluding carboxylic acids is 2. The molecular formula is C13H15ClN2O4. The third kappa shape index (κ3) is 4.47. The van der Waals surface area contributed by atoms with Gasteiger partial charge in [-0.3, -0.25) is 9.59 Å². The molecule has 6 nitrogen and oxygen atoms in total. The second-order valence-electron chi connectivity index (χ2n) is 3.76. The van der Waals surface area contributed by atoms with Crippen LogP contribution in [0.15, 0.2) is 18.2 Å². The number of hydrogen-bond donors (Lipinski definition) is 2. The van der Waals surface area contributed by atoms with Gasteiger partial charge in [-0.15, -0.1) is 0 Å². The van der Waals surface area contributed by atoms with E-state index >= 15 is 0 Å². The lowest BCUT2D eigenvalue weighted by molar-refractivity contribution is -0.122. The number of hydrogen-bond acceptors (Lipinski definition) is 4. The third-order valence-electron chi connectivity index (χ3n) is 2.32. The molecule has 1 rings (SSSR count). The highest BCUT2D eigenvalue weighted by molar-refractivity contribution is 6.32. The molecule has 0 atom stereocenters. The van der Waals surface area contributed by atoms with E-state index in [2.05, 4.69) is 5.32 Å². The zero-order valence-electron chi connectivity index (χ0n) is 11.1. The standard InChI is InChI=1S/C13H15ClN2O4/c1-19-10-6-8(5-9(14)13(10)20-2)3-4-12(18)16-7-11(15)17/h3-6H,7H2,1-2H3,(H2,15,17)(H,16,18)/b4-3+. The Morgan fingerprint density at radius 3 is 2.60 bits per heavy atom. The van der Waals surface area contributed by atoms with Gasteiger partial charge in [-0.2, -0.15) is 0 Å². The van der Waals surface area contributed by atoms with Crippen molar-refractivity contribution in [1.29, 1.82) is 0 Å². The summed E-state index contributed by atoms with van der Waals surface area (Å²) in [6.45, 7) is -0.212. The summed E-state index contributed by atoms with van der Waals surface area (Å²) in [7, 11) is 2.97. The van der Waals surface area contributed by atoms with Gasteiger partial charge in [0.15, 0.2) is 11.5 Å². The van der Waals surface area contributed by atoms with Gasteiger partial charge in [0.1, 0.15) is 0 Å². The summed E-state index contributed by atoms with van der Waals surface area (Å²) in [5.74, 6) is -0.169. The lowest BCUT2D eigenvalue weighted by Gasteiger charge is -2.10. The SMILES string of the molecule is COc1cc(/C=C/C(=O)NCC(N)=O)cc(Cl)c1OC. The van der Waals surface area contributed by atoms with Crippen molar-refractivity contribution < 1.29 is 19.1 Å². The smallest absolute Gasteiger partial charge is 0.244 e. The van der Waals surface area contributed by atoms with Gasteiger partial charge in [-0.05, 0) is 23.8 Å². The Kier molecular flexibility index (Phi) is 5.86. The summed E-state index contributed by atoms with van der Waals surface area (Å²) < 4.78 is 10.2. The molecule has 0 aromatic heterocycles. The number of primary amides is 1. The molecule has 0 heterocycles. The van der Waals surface area contributed by atoms with Crippen LogP contribution in [0.1, 0.15) is 5.56 Å². The normalized spacial score (nSPS) is 10.3. The van der Waals surface area contributed by atoms with Crippen LogP contribution in [0.3, 0.4) is 0 Å². The molecule has 0 saturated carbocycles. The van der Waals surface area contributed by atoms with Crippen molar-refractivity contribution in [2.45, 2.75) is 0 Å². The van der Waals surface area contributed by atoms with Crippen molar-refractivity contribution in [3.8, 4) is 11.5 Å². The summed E-state index contributed by atoms with van der Waals surface area (Å²) in [5, 5.41) is 2.69. The predicted molar refractivity (Wildman–Crippen MR) is 75.8 cm³/mol. The molecule has 0 aliphatic rings. The number of amides is 2. The van der Waals surface area contributed by atoms with Crippen LogP contribution in [-0.2, 0) is 9.59 Å². The van der Waals surface area contributed by atoms with Gasteiger partial charge >= 0.3 is 0 Å². The Hall–Kier alpha value is -2.21. The topological polar surface area (TPSA) is 90.6 Å². The second-order valence-corrected chi connectivity index (χ2v) is 4.16. The van der Waals surface area contributed by atoms with E-state index in [0.717, 1.165) is 0 Å². The van der Waals surface area contributed by atoms with E-state index in [1.807, 2.05) is 0 Å². The third-order valence-corrected chi connectivity index (χ3v) is 2.60. The minimum absolute atomic E-state index is 0.212. The van der Waals surface area contributed by atoms with Gasteiger partial charge in [0.2, 0.25) is 11.8 Å². The maximum absolute atomic E-state index is 11.4. The van der Waals surface area contributed by atoms with Crippen LogP contribution in [0.5, 0.6) is 11.5 Å². The van der Waals surface area contributed by atoms with E-state index in [1.54, 1.807) is 12.1 Å². The first-order chi connectivity index (χ1) is 9.47. The fourth-order valence-electron chi connectivity index (χ4n) is 1.44. The Labute approximate surface area is 121 Å². The highest BCUT2D eigenvalue weighted by atomic mass is 35.5. The first kappa shape index (κ1) is 15.8. The zero-order chi connectivity index (χ0) is 15.1. The molecule has 1 aromatic carbocycles. The fraction of sp³-hybridized carbons (Fsp3) is 0.231. The predicted octanol–water partition coefficient (Wildman–Crippen LogP) is 0.972. The fourth-order valence-corrected chi connectivity index (χ4v) is 1.74. The summed E-state index contributed by atoms with van der Waals surface area (Å²) in [6, 6.07) is 3.29. The van der Waals surface area contributed by atoms with E-state index in [4.69, 9.17) is 26.8 Å². The number of halogens is 1. The second kappa shape index (κ2) is 7.40. The number of methoxy groups -OCH3 is 2. The molecule has 2 amide bonds. The average Bonchev–Trinajstić information content (AvgIpc) is 2.42. The molecule has 20 heavy (non-hydrogen) atoms. The van der Waals surface area contributed by atoms with E-state index in [1.165, 1.54) is 26.4 Å². The Morgan fingerprint density at radius 2 is 2.05 bits per heavy atom. The number of carbonyl (C=O) groups is 2. The lowest BCUT2D eigenvalue weighted by atomic mass is 10.2. The molecule has 1 aromatic rings. The van der Waals surface area contributed by atoms with Crippen molar-refractivity contribution in [1.82, 2.24) is 5.32 Å². The largest absolute Gasteiger partial charge is 0.493 e. The minimum Gasteiger partial charge on any atom is -0.493 e. The van der Waals surface area contributed by atoms with E-state index < -0.39 is 11.8 Å². The number of ether oxygens (including phenoxy) is 2. The molecule has 0 fully saturated rings. The number of nitrogens with two attached hydrogens (primary N) is 1. The molecule has 7 heteroatoms. The van der Waals surface area contributed by atoms with Gasteiger partial charge in [0, 0.05) is 6.08 Å². The van der Waals surface area contributed by atoms with Crippen LogP contribution in [0.4, 0.5) is 0 Å². The van der Waals surface area contributed by atoms with Crippen molar-refractivity contribution in [3.05, 3.63) is 28.8 Å². The molecule has 0 spiro atoms. The van der Waals surface area contributed by atoms with Crippen LogP contribution < -0.4 is 20.5 Å². The van der Waals surface area contributed by atoms with Crippen molar-refractivity contribution >= 4 is 29.5 Å². The van der Waals surface area contributed by atoms with Gasteiger partial charge in [-0.1, -0.05) is 11.6 Å². The molecule has 0 unspecified atom stereocenters. The van der Waals surface area contributed by atoms with Crippen molar-refractivity contribution in [3.63, 3.8) is 0 Å². The minimum atomic E-state index is -0.610. The maximum atomic E-state index is 11.4. The molecule has 0 radical (unpaired) electrons. The quantitative estimate of drug-likeness (QED) is 0.766. The number of rotatable bonds is 6. The van der Waals surface area contributed by atoms with Crippen LogP contribution in [0.25, 0.3) is 6.08 Å². The molecule has 3 N–H and O–H groups in total. The Balaban J connectivity index is 2.85. The van der Waals surface area contributed by atoms with Crippen molar-refractivity contribution in [2.24, 2.45) is 5.73 Å². The van der Waals surface area contributed by atoms with E-state index in [9.17, 15) is 9.59 Å². The van der Waals surface area contributed by atoms with Gasteiger partial charge in [0.05, 0.1) is 25.8 Å². The van der Waals surface area contributed by atoms with Gasteiger partial charge < -0.3 is 20.5 Å². The monoisotopic (exact) mass is 298 g/mol. The Morgan fingerprint density at radius 1 is 1.35 bits per heavy atom. The zero-order valence-corrected chi connectivity index (χ0v) is 11.9. The van der Waals surface area contributed by atoms with Crippen LogP contribution >= 0.6 is 11.6 Å². The van der Waals surface area contributed by atoms with Crippen LogP contribution in [0.2, 0.25) is 5.02 Å². The van der Waals surface area contributed by atoms with E-state index in [-0.39, 0.29) is 6.54 Å². The van der Waals surface area contributed by atoms with Crippen molar-refractivity contribution in [2.75, 3.05) is 20.8 Å². The Bertz CT molecular complexity index is 543. The highest BCUT2D eigenvalue weighted by Crippen LogP contribution is 2.36. The summed E-state index contributed by atoms with van der Waals surface area (Å²) >= 11 is 6.03. The van der Waals surface area contributed by atoms with Gasteiger partial charge in [0.25, 0.3) is 0 Å². The molecule has 108 valence electrons. The van der Waals surface area contributed by atoms with Gasteiger partial charge in [-0.25, -0.2) is 0 Å². The van der Waals surface area contributed by atoms with Crippen LogP contribution in [-0.4, -0.2) is 32.6 Å². The molecular weight excluding hydrogens is 284 g/mol. The summed E-state index contributed by atoms with van der Waals surface area (Å²) in [6.07, 6.45) is 2.80. The maximum Gasteiger partial charge on any atom is 0.244 e. The average molecular weight is 299 g/mol. The molecule has 0 bridgehead atoms. The summed E-state index contributed by atoms with van der Waals surface area (Å²) in [4.78, 5) is 21.9. The first-order valence-corrected chi connectivity index (χ1v) is 6.01. The van der Waals surface area contributed by atoms with E-state index in [0.29, 0.717) is 22.1 Å². The highest BCUT2D eigenvalue weighted by Gasteiger charge is 2.09. The first-order valence-electron chi connectivity index (χ1n) is 5.63. The molecule has 0 saturated heterocycles. The summed E-state index contributed by atoms with van der Waals surface area (Å²) in [5.41, 5.74) is 5.57. The number of benzene rings is 1. The molecule has 0 aliphatic carbocycles. The lowest BCUT2D eigenvalue weighted by Crippen LogP contribution is -2.32. The number of nitrogens with one attached hydrogen (secondary N) is 1.